The molecule has 1 amide bonds. The summed E-state index contributed by atoms with van der Waals surface area (Å²) < 4.78 is 18.8. The summed E-state index contributed by atoms with van der Waals surface area (Å²) in [4.78, 5) is 20.2. The molecule has 0 fully saturated rings. The highest BCUT2D eigenvalue weighted by Crippen LogP contribution is 2.17. The molecule has 0 bridgehead atoms. The number of hydrogen-bond donors (Lipinski definition) is 4. The minimum Gasteiger partial charge on any atom is -0.382 e. The Balaban J connectivity index is 1.81. The van der Waals surface area contributed by atoms with Crippen LogP contribution in [0.4, 0.5) is 15.9 Å². The van der Waals surface area contributed by atoms with Crippen molar-refractivity contribution in [3.63, 3.8) is 0 Å². The normalized spacial score (nSPS) is 11.8. The molecule has 10 heteroatoms. The smallest absolute Gasteiger partial charge is 0.251 e. The maximum absolute atomic E-state index is 14.0. The van der Waals surface area contributed by atoms with Crippen molar-refractivity contribution in [3.8, 4) is 0 Å². The van der Waals surface area contributed by atoms with Crippen LogP contribution < -0.4 is 16.4 Å². The van der Waals surface area contributed by atoms with E-state index in [4.69, 9.17) is 15.7 Å². The fourth-order valence-electron chi connectivity index (χ4n) is 2.58. The lowest BCUT2D eigenvalue weighted by atomic mass is 10.2. The number of nitrogens with two attached hydrogens (primary N) is 1. The van der Waals surface area contributed by atoms with Gasteiger partial charge in [0.25, 0.3) is 5.91 Å². The minimum absolute atomic E-state index is 0.0210. The number of hydrogen-bond acceptors (Lipinski definition) is 8. The second-order valence-corrected chi connectivity index (χ2v) is 6.72. The highest BCUT2D eigenvalue weighted by Gasteiger charge is 2.13. The van der Waals surface area contributed by atoms with Gasteiger partial charge >= 0.3 is 0 Å². The molecule has 0 unspecified atom stereocenters. The molecular formula is C22H22FN7O2. The van der Waals surface area contributed by atoms with Crippen LogP contribution in [0.1, 0.15) is 30.9 Å². The summed E-state index contributed by atoms with van der Waals surface area (Å²) in [7, 11) is 0. The van der Waals surface area contributed by atoms with E-state index in [0.717, 1.165) is 0 Å². The fourth-order valence-corrected chi connectivity index (χ4v) is 2.58. The molecule has 1 aromatic carbocycles. The first-order chi connectivity index (χ1) is 15.4. The third-order valence-corrected chi connectivity index (χ3v) is 4.53. The first-order valence-electron chi connectivity index (χ1n) is 9.64. The average Bonchev–Trinajstić information content (AvgIpc) is 3.33. The molecule has 0 aliphatic rings. The molecule has 3 rings (SSSR count). The second-order valence-electron chi connectivity index (χ2n) is 6.72. The Morgan fingerprint density at radius 1 is 1.31 bits per heavy atom. The van der Waals surface area contributed by atoms with E-state index in [1.54, 1.807) is 44.2 Å². The minimum atomic E-state index is -0.350. The van der Waals surface area contributed by atoms with Crippen molar-refractivity contribution in [1.29, 1.82) is 5.41 Å². The Hall–Kier alpha value is -4.34. The van der Waals surface area contributed by atoms with Gasteiger partial charge in [-0.1, -0.05) is 29.4 Å². The highest BCUT2D eigenvalue weighted by molar-refractivity contribution is 6.08. The van der Waals surface area contributed by atoms with E-state index in [1.165, 1.54) is 24.6 Å². The molecule has 2 aromatic heterocycles. The molecule has 5 N–H and O–H groups in total. The van der Waals surface area contributed by atoms with Crippen LogP contribution >= 0.6 is 0 Å². The van der Waals surface area contributed by atoms with Crippen molar-refractivity contribution < 1.29 is 13.7 Å². The van der Waals surface area contributed by atoms with Gasteiger partial charge in [0, 0.05) is 23.7 Å². The summed E-state index contributed by atoms with van der Waals surface area (Å²) in [6.45, 7) is 3.58. The predicted octanol–water partition coefficient (Wildman–Crippen LogP) is 3.29. The molecule has 2 heterocycles. The van der Waals surface area contributed by atoms with Gasteiger partial charge in [-0.2, -0.15) is 0 Å². The summed E-state index contributed by atoms with van der Waals surface area (Å²) in [5.41, 5.74) is 7.91. The number of anilines is 2. The zero-order chi connectivity index (χ0) is 23.1. The van der Waals surface area contributed by atoms with Crippen LogP contribution in [-0.2, 0) is 11.3 Å². The molecule has 0 saturated carbocycles. The quantitative estimate of drug-likeness (QED) is 0.314. The Kier molecular flexibility index (Phi) is 7.06. The van der Waals surface area contributed by atoms with E-state index in [1.807, 2.05) is 0 Å². The van der Waals surface area contributed by atoms with Crippen molar-refractivity contribution in [1.82, 2.24) is 20.4 Å². The van der Waals surface area contributed by atoms with Gasteiger partial charge in [-0.3, -0.25) is 10.2 Å². The van der Waals surface area contributed by atoms with Gasteiger partial charge in [-0.15, -0.1) is 0 Å². The Morgan fingerprint density at radius 3 is 2.75 bits per heavy atom. The van der Waals surface area contributed by atoms with Crippen LogP contribution in [-0.4, -0.2) is 26.7 Å². The molecule has 32 heavy (non-hydrogen) atoms. The Labute approximate surface area is 183 Å². The standard InChI is InChI=1S/C22H22FN7O2/c1-3-13(2)22(31)28-19-12-27-21(29-20(19)25)16(24)10-18(17-8-9-32-30-17)26-11-14-6-4-5-7-15(14)23/h3-10,12,24,26H,11H2,1-2H3,(H,28,31)(H2,25,27,29)/b13-3+,18-10-,24-16?. The number of rotatable bonds is 8. The van der Waals surface area contributed by atoms with Gasteiger partial charge in [0.15, 0.2) is 11.6 Å². The first-order valence-corrected chi connectivity index (χ1v) is 9.64. The van der Waals surface area contributed by atoms with Gasteiger partial charge in [0.05, 0.1) is 11.9 Å². The fraction of sp³-hybridized carbons (Fsp3) is 0.136. The molecule has 0 aliphatic heterocycles. The lowest BCUT2D eigenvalue weighted by Crippen LogP contribution is -2.17. The number of benzene rings is 1. The average molecular weight is 435 g/mol. The number of amides is 1. The number of allylic oxidation sites excluding steroid dienone is 2. The molecule has 9 nitrogen and oxygen atoms in total. The van der Waals surface area contributed by atoms with Crippen LogP contribution in [0, 0.1) is 11.2 Å². The lowest BCUT2D eigenvalue weighted by molar-refractivity contribution is -0.112. The number of aromatic nitrogens is 3. The molecule has 164 valence electrons. The van der Waals surface area contributed by atoms with E-state index in [2.05, 4.69) is 25.8 Å². The topological polar surface area (TPSA) is 143 Å². The summed E-state index contributed by atoms with van der Waals surface area (Å²) in [6.07, 6.45) is 5.83. The zero-order valence-corrected chi connectivity index (χ0v) is 17.5. The third-order valence-electron chi connectivity index (χ3n) is 4.53. The predicted molar refractivity (Wildman–Crippen MR) is 119 cm³/mol. The van der Waals surface area contributed by atoms with Crippen molar-refractivity contribution >= 4 is 28.8 Å². The number of carbonyl (C=O) groups excluding carboxylic acids is 1. The van der Waals surface area contributed by atoms with Crippen LogP contribution in [0.25, 0.3) is 5.70 Å². The SMILES string of the molecule is C/C=C(\C)C(=O)Nc1cnc(C(=N)/C=C(\NCc2ccccc2F)c2ccon2)nc1N. The number of nitrogen functional groups attached to an aromatic ring is 1. The largest absolute Gasteiger partial charge is 0.382 e. The van der Waals surface area contributed by atoms with Crippen LogP contribution in [0.15, 0.2) is 65.0 Å². The molecule has 0 atom stereocenters. The van der Waals surface area contributed by atoms with E-state index in [-0.39, 0.29) is 41.3 Å². The number of nitrogens with one attached hydrogen (secondary N) is 3. The van der Waals surface area contributed by atoms with Crippen LogP contribution in [0.5, 0.6) is 0 Å². The number of halogens is 1. The highest BCUT2D eigenvalue weighted by atomic mass is 19.1. The monoisotopic (exact) mass is 435 g/mol. The molecule has 3 aromatic rings. The zero-order valence-electron chi connectivity index (χ0n) is 17.5. The summed E-state index contributed by atoms with van der Waals surface area (Å²) in [5.74, 6) is -0.614. The summed E-state index contributed by atoms with van der Waals surface area (Å²) in [6, 6.07) is 7.96. The van der Waals surface area contributed by atoms with Crippen LogP contribution in [0.2, 0.25) is 0 Å². The molecule has 0 spiro atoms. The third kappa shape index (κ3) is 5.42. The summed E-state index contributed by atoms with van der Waals surface area (Å²) >= 11 is 0. The summed E-state index contributed by atoms with van der Waals surface area (Å²) in [5, 5.41) is 17.9. The van der Waals surface area contributed by atoms with Gasteiger partial charge in [0.2, 0.25) is 0 Å². The number of nitrogens with zero attached hydrogens (tertiary/aromatic N) is 3. The molecular weight excluding hydrogens is 413 g/mol. The molecule has 0 saturated heterocycles. The van der Waals surface area contributed by atoms with Crippen molar-refractivity contribution in [2.45, 2.75) is 20.4 Å². The van der Waals surface area contributed by atoms with Gasteiger partial charge in [-0.25, -0.2) is 14.4 Å². The molecule has 0 aliphatic carbocycles. The second kappa shape index (κ2) is 10.1. The Bertz CT molecular complexity index is 1190. The van der Waals surface area contributed by atoms with Gasteiger partial charge in [0.1, 0.15) is 29.2 Å². The van der Waals surface area contributed by atoms with Crippen LogP contribution in [0.3, 0.4) is 0 Å². The van der Waals surface area contributed by atoms with E-state index in [9.17, 15) is 9.18 Å². The van der Waals surface area contributed by atoms with Crippen molar-refractivity contribution in [2.75, 3.05) is 11.1 Å². The van der Waals surface area contributed by atoms with E-state index in [0.29, 0.717) is 22.5 Å². The lowest BCUT2D eigenvalue weighted by Gasteiger charge is -2.11. The van der Waals surface area contributed by atoms with Gasteiger partial charge in [-0.05, 0) is 26.0 Å². The van der Waals surface area contributed by atoms with E-state index >= 15 is 0 Å². The number of carbonyl (C=O) groups is 1. The van der Waals surface area contributed by atoms with Crippen molar-refractivity contribution in [2.24, 2.45) is 0 Å². The maximum Gasteiger partial charge on any atom is 0.251 e. The first kappa shape index (κ1) is 22.3. The van der Waals surface area contributed by atoms with Crippen molar-refractivity contribution in [3.05, 3.63) is 83.4 Å². The Morgan fingerprint density at radius 2 is 2.09 bits per heavy atom. The van der Waals surface area contributed by atoms with Gasteiger partial charge < -0.3 is 20.9 Å². The van der Waals surface area contributed by atoms with E-state index < -0.39 is 0 Å². The maximum atomic E-state index is 14.0. The molecule has 0 radical (unpaired) electrons.